The summed E-state index contributed by atoms with van der Waals surface area (Å²) in [4.78, 5) is 21.4. The molecule has 144 valence electrons. The lowest BCUT2D eigenvalue weighted by molar-refractivity contribution is -0.103. The number of carbonyl (C=O) groups is 1. The van der Waals surface area contributed by atoms with Crippen molar-refractivity contribution in [2.75, 3.05) is 19.7 Å². The highest BCUT2D eigenvalue weighted by atomic mass is 19.3. The lowest BCUT2D eigenvalue weighted by Gasteiger charge is -2.41. The number of halogens is 2. The van der Waals surface area contributed by atoms with Crippen LogP contribution in [0.2, 0.25) is 0 Å². The number of morpholine rings is 1. The molecule has 1 spiro atoms. The lowest BCUT2D eigenvalue weighted by Crippen LogP contribution is -2.51. The van der Waals surface area contributed by atoms with Gasteiger partial charge in [0, 0.05) is 12.1 Å². The zero-order chi connectivity index (χ0) is 19.3. The van der Waals surface area contributed by atoms with Crippen molar-refractivity contribution in [3.63, 3.8) is 0 Å². The SMILES string of the molecule is O=C(c1ccc2nc(C(F)F)[nH]c2c1)N1CCOC2(CCc3ccccc32)C1. The van der Waals surface area contributed by atoms with Gasteiger partial charge in [-0.2, -0.15) is 0 Å². The van der Waals surface area contributed by atoms with E-state index in [1.165, 1.54) is 5.56 Å². The maximum Gasteiger partial charge on any atom is 0.295 e. The molecule has 1 aromatic heterocycles. The van der Waals surface area contributed by atoms with Crippen LogP contribution < -0.4 is 0 Å². The van der Waals surface area contributed by atoms with Crippen molar-refractivity contribution >= 4 is 16.9 Å². The van der Waals surface area contributed by atoms with E-state index in [-0.39, 0.29) is 11.7 Å². The number of nitrogens with zero attached hydrogens (tertiary/aromatic N) is 2. The summed E-state index contributed by atoms with van der Waals surface area (Å²) in [5.74, 6) is -0.505. The van der Waals surface area contributed by atoms with Crippen molar-refractivity contribution in [2.45, 2.75) is 24.9 Å². The highest BCUT2D eigenvalue weighted by Crippen LogP contribution is 2.42. The summed E-state index contributed by atoms with van der Waals surface area (Å²) in [6.45, 7) is 1.47. The number of benzene rings is 2. The number of ether oxygens (including phenoxy) is 1. The molecule has 0 radical (unpaired) electrons. The largest absolute Gasteiger partial charge is 0.367 e. The second-order valence-corrected chi connectivity index (χ2v) is 7.38. The molecule has 0 saturated carbocycles. The molecule has 1 aliphatic carbocycles. The fraction of sp³-hybridized carbons (Fsp3) is 0.333. The topological polar surface area (TPSA) is 58.2 Å². The third-order valence-electron chi connectivity index (χ3n) is 5.73. The Morgan fingerprint density at radius 1 is 1.25 bits per heavy atom. The average molecular weight is 383 g/mol. The molecule has 1 unspecified atom stereocenters. The number of imidazole rings is 1. The van der Waals surface area contributed by atoms with E-state index in [9.17, 15) is 13.6 Å². The monoisotopic (exact) mass is 383 g/mol. The Hall–Kier alpha value is -2.80. The van der Waals surface area contributed by atoms with Crippen molar-refractivity contribution in [1.82, 2.24) is 14.9 Å². The number of hydrogen-bond acceptors (Lipinski definition) is 3. The molecular formula is C21H19F2N3O2. The fourth-order valence-corrected chi connectivity index (χ4v) is 4.37. The summed E-state index contributed by atoms with van der Waals surface area (Å²) in [6.07, 6.45) is -0.879. The molecule has 3 aromatic rings. The second-order valence-electron chi connectivity index (χ2n) is 7.38. The molecule has 2 aliphatic rings. The molecule has 1 atom stereocenters. The van der Waals surface area contributed by atoms with E-state index in [1.54, 1.807) is 23.1 Å². The molecule has 2 aromatic carbocycles. The number of hydrogen-bond donors (Lipinski definition) is 1. The third-order valence-corrected chi connectivity index (χ3v) is 5.73. The fourth-order valence-electron chi connectivity index (χ4n) is 4.37. The molecule has 2 heterocycles. The van der Waals surface area contributed by atoms with Crippen LogP contribution in [0.15, 0.2) is 42.5 Å². The predicted octanol–water partition coefficient (Wildman–Crippen LogP) is 3.81. The predicted molar refractivity (Wildman–Crippen MR) is 99.3 cm³/mol. The minimum absolute atomic E-state index is 0.123. The highest BCUT2D eigenvalue weighted by molar-refractivity contribution is 5.97. The van der Waals surface area contributed by atoms with Gasteiger partial charge in [-0.3, -0.25) is 4.79 Å². The van der Waals surface area contributed by atoms with E-state index in [4.69, 9.17) is 4.74 Å². The summed E-state index contributed by atoms with van der Waals surface area (Å²) in [7, 11) is 0. The first-order valence-electron chi connectivity index (χ1n) is 9.35. The van der Waals surface area contributed by atoms with Crippen molar-refractivity contribution < 1.29 is 18.3 Å². The Balaban J connectivity index is 1.43. The molecule has 5 rings (SSSR count). The third kappa shape index (κ3) is 2.69. The molecule has 1 amide bonds. The summed E-state index contributed by atoms with van der Waals surface area (Å²) in [5, 5.41) is 0. The van der Waals surface area contributed by atoms with Crippen LogP contribution in [0.3, 0.4) is 0 Å². The minimum atomic E-state index is -2.67. The highest BCUT2D eigenvalue weighted by Gasteiger charge is 2.44. The van der Waals surface area contributed by atoms with Gasteiger partial charge in [0.05, 0.1) is 24.2 Å². The van der Waals surface area contributed by atoms with Gasteiger partial charge in [0.15, 0.2) is 5.82 Å². The standard InChI is InChI=1S/C21H19F2N3O2/c22-18(23)19-24-16-6-5-14(11-17(16)25-19)20(27)26-9-10-28-21(12-26)8-7-13-3-1-2-4-15(13)21/h1-6,11,18H,7-10,12H2,(H,24,25). The summed E-state index contributed by atoms with van der Waals surface area (Å²) in [6, 6.07) is 13.1. The van der Waals surface area contributed by atoms with Gasteiger partial charge < -0.3 is 14.6 Å². The Kier molecular flexibility index (Phi) is 3.94. The molecule has 28 heavy (non-hydrogen) atoms. The molecule has 1 fully saturated rings. The number of nitrogens with one attached hydrogen (secondary N) is 1. The normalized spacial score (nSPS) is 21.6. The first-order valence-corrected chi connectivity index (χ1v) is 9.35. The van der Waals surface area contributed by atoms with Crippen LogP contribution in [0.4, 0.5) is 8.78 Å². The number of H-pyrrole nitrogens is 1. The zero-order valence-electron chi connectivity index (χ0n) is 15.1. The quantitative estimate of drug-likeness (QED) is 0.732. The number of aromatic nitrogens is 2. The molecule has 7 heteroatoms. The Bertz CT molecular complexity index is 1060. The summed E-state index contributed by atoms with van der Waals surface area (Å²) < 4.78 is 31.9. The summed E-state index contributed by atoms with van der Waals surface area (Å²) >= 11 is 0. The summed E-state index contributed by atoms with van der Waals surface area (Å²) in [5.41, 5.74) is 3.31. The lowest BCUT2D eigenvalue weighted by atomic mass is 9.93. The first-order chi connectivity index (χ1) is 13.6. The smallest absolute Gasteiger partial charge is 0.295 e. The molecular weight excluding hydrogens is 364 g/mol. The van der Waals surface area contributed by atoms with Crippen LogP contribution in [0.1, 0.15) is 40.2 Å². The molecule has 1 N–H and O–H groups in total. The van der Waals surface area contributed by atoms with E-state index in [2.05, 4.69) is 22.1 Å². The minimum Gasteiger partial charge on any atom is -0.367 e. The van der Waals surface area contributed by atoms with E-state index in [1.807, 2.05) is 12.1 Å². The maximum atomic E-state index is 13.1. The Morgan fingerprint density at radius 3 is 2.96 bits per heavy atom. The molecule has 5 nitrogen and oxygen atoms in total. The van der Waals surface area contributed by atoms with Crippen LogP contribution in [0.25, 0.3) is 11.0 Å². The zero-order valence-corrected chi connectivity index (χ0v) is 15.1. The second kappa shape index (κ2) is 6.38. The van der Waals surface area contributed by atoms with Gasteiger partial charge >= 0.3 is 0 Å². The van der Waals surface area contributed by atoms with Crippen LogP contribution >= 0.6 is 0 Å². The van der Waals surface area contributed by atoms with Crippen LogP contribution in [0.5, 0.6) is 0 Å². The van der Waals surface area contributed by atoms with Crippen molar-refractivity contribution in [2.24, 2.45) is 0 Å². The van der Waals surface area contributed by atoms with Crippen molar-refractivity contribution in [1.29, 1.82) is 0 Å². The van der Waals surface area contributed by atoms with E-state index < -0.39 is 12.0 Å². The van der Waals surface area contributed by atoms with E-state index in [0.717, 1.165) is 18.4 Å². The van der Waals surface area contributed by atoms with Crippen LogP contribution in [0, 0.1) is 0 Å². The number of fused-ring (bicyclic) bond motifs is 3. The Morgan fingerprint density at radius 2 is 2.11 bits per heavy atom. The van der Waals surface area contributed by atoms with Gasteiger partial charge in [0.1, 0.15) is 5.60 Å². The van der Waals surface area contributed by atoms with Crippen LogP contribution in [-0.2, 0) is 16.8 Å². The van der Waals surface area contributed by atoms with Gasteiger partial charge in [-0.25, -0.2) is 13.8 Å². The van der Waals surface area contributed by atoms with Crippen molar-refractivity contribution in [3.8, 4) is 0 Å². The van der Waals surface area contributed by atoms with Crippen LogP contribution in [-0.4, -0.2) is 40.5 Å². The van der Waals surface area contributed by atoms with Gasteiger partial charge in [-0.1, -0.05) is 24.3 Å². The van der Waals surface area contributed by atoms with Gasteiger partial charge in [-0.15, -0.1) is 0 Å². The Labute approximate surface area is 160 Å². The molecule has 0 bridgehead atoms. The molecule has 1 aliphatic heterocycles. The number of aromatic amines is 1. The van der Waals surface area contributed by atoms with Gasteiger partial charge in [0.25, 0.3) is 12.3 Å². The van der Waals surface area contributed by atoms with Crippen molar-refractivity contribution in [3.05, 3.63) is 65.0 Å². The average Bonchev–Trinajstić information content (AvgIpc) is 3.30. The number of aryl methyl sites for hydroxylation is 1. The van der Waals surface area contributed by atoms with Gasteiger partial charge in [-0.05, 0) is 42.2 Å². The van der Waals surface area contributed by atoms with Gasteiger partial charge in [0.2, 0.25) is 0 Å². The van der Waals surface area contributed by atoms with E-state index >= 15 is 0 Å². The number of carbonyl (C=O) groups excluding carboxylic acids is 1. The maximum absolute atomic E-state index is 13.1. The number of rotatable bonds is 2. The molecule has 1 saturated heterocycles. The number of alkyl halides is 2. The number of amides is 1. The first kappa shape index (κ1) is 17.3. The van der Waals surface area contributed by atoms with E-state index in [0.29, 0.717) is 36.3 Å².